The SMILES string of the molecule is COCCNC(=O)NC1(c2cccc(Cl)c2)CC1. The number of ether oxygens (including phenoxy) is 1. The predicted molar refractivity (Wildman–Crippen MR) is 70.8 cm³/mol. The molecular formula is C13H17ClN2O2. The van der Waals surface area contributed by atoms with Crippen LogP contribution in [0.5, 0.6) is 0 Å². The lowest BCUT2D eigenvalue weighted by atomic mass is 10.1. The second-order valence-corrected chi connectivity index (χ2v) is 4.90. The van der Waals surface area contributed by atoms with Gasteiger partial charge < -0.3 is 15.4 Å². The molecule has 1 aromatic rings. The van der Waals surface area contributed by atoms with Crippen LogP contribution in [0.2, 0.25) is 5.02 Å². The first-order valence-electron chi connectivity index (χ1n) is 5.97. The number of rotatable bonds is 5. The van der Waals surface area contributed by atoms with E-state index < -0.39 is 0 Å². The molecule has 5 heteroatoms. The van der Waals surface area contributed by atoms with Crippen LogP contribution in [0.3, 0.4) is 0 Å². The number of urea groups is 1. The number of hydrogen-bond acceptors (Lipinski definition) is 2. The molecule has 2 N–H and O–H groups in total. The molecule has 0 aliphatic heterocycles. The Kier molecular flexibility index (Phi) is 4.09. The second kappa shape index (κ2) is 5.59. The molecule has 98 valence electrons. The molecular weight excluding hydrogens is 252 g/mol. The summed E-state index contributed by atoms with van der Waals surface area (Å²) >= 11 is 5.97. The number of carbonyl (C=O) groups excluding carboxylic acids is 1. The molecule has 2 rings (SSSR count). The van der Waals surface area contributed by atoms with Gasteiger partial charge in [0.15, 0.2) is 0 Å². The van der Waals surface area contributed by atoms with Crippen LogP contribution in [-0.2, 0) is 10.3 Å². The van der Waals surface area contributed by atoms with Crippen molar-refractivity contribution in [1.82, 2.24) is 10.6 Å². The van der Waals surface area contributed by atoms with Crippen molar-refractivity contribution in [2.45, 2.75) is 18.4 Å². The van der Waals surface area contributed by atoms with Crippen molar-refractivity contribution >= 4 is 17.6 Å². The molecule has 0 heterocycles. The third kappa shape index (κ3) is 3.15. The van der Waals surface area contributed by atoms with Crippen molar-refractivity contribution < 1.29 is 9.53 Å². The minimum absolute atomic E-state index is 0.162. The lowest BCUT2D eigenvalue weighted by Gasteiger charge is -2.18. The normalized spacial score (nSPS) is 16.1. The molecule has 18 heavy (non-hydrogen) atoms. The summed E-state index contributed by atoms with van der Waals surface area (Å²) in [5.74, 6) is 0. The first-order chi connectivity index (χ1) is 8.66. The van der Waals surface area contributed by atoms with Crippen LogP contribution in [0.1, 0.15) is 18.4 Å². The van der Waals surface area contributed by atoms with E-state index in [-0.39, 0.29) is 11.6 Å². The van der Waals surface area contributed by atoms with Crippen molar-refractivity contribution in [2.75, 3.05) is 20.3 Å². The van der Waals surface area contributed by atoms with Crippen LogP contribution in [-0.4, -0.2) is 26.3 Å². The van der Waals surface area contributed by atoms with Gasteiger partial charge in [0.25, 0.3) is 0 Å². The van der Waals surface area contributed by atoms with E-state index in [9.17, 15) is 4.79 Å². The van der Waals surface area contributed by atoms with E-state index in [0.29, 0.717) is 18.2 Å². The molecule has 1 aliphatic rings. The van der Waals surface area contributed by atoms with Gasteiger partial charge in [-0.3, -0.25) is 0 Å². The summed E-state index contributed by atoms with van der Waals surface area (Å²) < 4.78 is 4.88. The fraction of sp³-hybridized carbons (Fsp3) is 0.462. The van der Waals surface area contributed by atoms with E-state index in [1.54, 1.807) is 7.11 Å². The van der Waals surface area contributed by atoms with E-state index in [2.05, 4.69) is 10.6 Å². The van der Waals surface area contributed by atoms with E-state index in [1.165, 1.54) is 0 Å². The van der Waals surface area contributed by atoms with Gasteiger partial charge in [-0.2, -0.15) is 0 Å². The highest BCUT2D eigenvalue weighted by Crippen LogP contribution is 2.45. The molecule has 2 amide bonds. The van der Waals surface area contributed by atoms with Crippen LogP contribution in [0, 0.1) is 0 Å². The van der Waals surface area contributed by atoms with Crippen molar-refractivity contribution in [3.05, 3.63) is 34.9 Å². The molecule has 0 radical (unpaired) electrons. The molecule has 1 fully saturated rings. The Labute approximate surface area is 112 Å². The summed E-state index contributed by atoms with van der Waals surface area (Å²) in [6.45, 7) is 1.02. The number of carbonyl (C=O) groups is 1. The average Bonchev–Trinajstić information content (AvgIpc) is 3.10. The maximum Gasteiger partial charge on any atom is 0.315 e. The molecule has 0 unspecified atom stereocenters. The Morgan fingerprint density at radius 1 is 1.50 bits per heavy atom. The topological polar surface area (TPSA) is 50.4 Å². The number of halogens is 1. The first-order valence-corrected chi connectivity index (χ1v) is 6.35. The van der Waals surface area contributed by atoms with E-state index in [4.69, 9.17) is 16.3 Å². The van der Waals surface area contributed by atoms with Crippen LogP contribution in [0.15, 0.2) is 24.3 Å². The molecule has 0 bridgehead atoms. The van der Waals surface area contributed by atoms with Crippen LogP contribution < -0.4 is 10.6 Å². The lowest BCUT2D eigenvalue weighted by molar-refractivity contribution is 0.194. The van der Waals surface area contributed by atoms with Gasteiger partial charge in [0, 0.05) is 18.7 Å². The number of methoxy groups -OCH3 is 1. The Bertz CT molecular complexity index is 433. The first kappa shape index (κ1) is 13.2. The van der Waals surface area contributed by atoms with Crippen LogP contribution in [0.4, 0.5) is 4.79 Å². The minimum Gasteiger partial charge on any atom is -0.383 e. The minimum atomic E-state index is -0.234. The fourth-order valence-electron chi connectivity index (χ4n) is 1.93. The zero-order valence-electron chi connectivity index (χ0n) is 10.3. The summed E-state index contributed by atoms with van der Waals surface area (Å²) in [5, 5.41) is 6.46. The summed E-state index contributed by atoms with van der Waals surface area (Å²) in [7, 11) is 1.61. The highest BCUT2D eigenvalue weighted by molar-refractivity contribution is 6.30. The molecule has 0 saturated heterocycles. The van der Waals surface area contributed by atoms with E-state index in [0.717, 1.165) is 18.4 Å². The van der Waals surface area contributed by atoms with Gasteiger partial charge in [0.2, 0.25) is 0 Å². The molecule has 1 aliphatic carbocycles. The summed E-state index contributed by atoms with van der Waals surface area (Å²) in [6.07, 6.45) is 1.90. The summed E-state index contributed by atoms with van der Waals surface area (Å²) in [6, 6.07) is 7.48. The van der Waals surface area contributed by atoms with Gasteiger partial charge in [-0.25, -0.2) is 4.79 Å². The quantitative estimate of drug-likeness (QED) is 0.805. The maximum absolute atomic E-state index is 11.7. The van der Waals surface area contributed by atoms with E-state index in [1.807, 2.05) is 24.3 Å². The lowest BCUT2D eigenvalue weighted by Crippen LogP contribution is -2.43. The highest BCUT2D eigenvalue weighted by Gasteiger charge is 2.45. The number of hydrogen-bond donors (Lipinski definition) is 2. The predicted octanol–water partition coefficient (Wildman–Crippen LogP) is 2.27. The Morgan fingerprint density at radius 3 is 2.89 bits per heavy atom. The molecule has 0 spiro atoms. The van der Waals surface area contributed by atoms with Gasteiger partial charge in [0.1, 0.15) is 0 Å². The van der Waals surface area contributed by atoms with Crippen LogP contribution in [0.25, 0.3) is 0 Å². The third-order valence-corrected chi connectivity index (χ3v) is 3.31. The van der Waals surface area contributed by atoms with Crippen molar-refractivity contribution in [2.24, 2.45) is 0 Å². The van der Waals surface area contributed by atoms with Crippen molar-refractivity contribution in [3.8, 4) is 0 Å². The van der Waals surface area contributed by atoms with Crippen LogP contribution >= 0.6 is 11.6 Å². The molecule has 4 nitrogen and oxygen atoms in total. The summed E-state index contributed by atoms with van der Waals surface area (Å²) in [4.78, 5) is 11.7. The zero-order chi connectivity index (χ0) is 13.0. The number of amides is 2. The Balaban J connectivity index is 1.94. The monoisotopic (exact) mass is 268 g/mol. The molecule has 1 aromatic carbocycles. The fourth-order valence-corrected chi connectivity index (χ4v) is 2.12. The van der Waals surface area contributed by atoms with E-state index >= 15 is 0 Å². The molecule has 0 atom stereocenters. The average molecular weight is 269 g/mol. The van der Waals surface area contributed by atoms with Gasteiger partial charge in [-0.05, 0) is 30.5 Å². The Morgan fingerprint density at radius 2 is 2.28 bits per heavy atom. The van der Waals surface area contributed by atoms with Crippen molar-refractivity contribution in [1.29, 1.82) is 0 Å². The third-order valence-electron chi connectivity index (χ3n) is 3.07. The van der Waals surface area contributed by atoms with Gasteiger partial charge in [0.05, 0.1) is 12.1 Å². The van der Waals surface area contributed by atoms with Gasteiger partial charge >= 0.3 is 6.03 Å². The molecule has 1 saturated carbocycles. The standard InChI is InChI=1S/C13H17ClN2O2/c1-18-8-7-15-12(17)16-13(5-6-13)10-3-2-4-11(14)9-10/h2-4,9H,5-8H2,1H3,(H2,15,16,17). The zero-order valence-corrected chi connectivity index (χ0v) is 11.1. The smallest absolute Gasteiger partial charge is 0.315 e. The van der Waals surface area contributed by atoms with Crippen molar-refractivity contribution in [3.63, 3.8) is 0 Å². The second-order valence-electron chi connectivity index (χ2n) is 4.47. The number of nitrogens with one attached hydrogen (secondary N) is 2. The van der Waals surface area contributed by atoms with Gasteiger partial charge in [-0.1, -0.05) is 23.7 Å². The molecule has 0 aromatic heterocycles. The largest absolute Gasteiger partial charge is 0.383 e. The van der Waals surface area contributed by atoms with Gasteiger partial charge in [-0.15, -0.1) is 0 Å². The highest BCUT2D eigenvalue weighted by atomic mass is 35.5. The number of benzene rings is 1. The Hall–Kier alpha value is -1.26. The summed E-state index contributed by atoms with van der Waals surface area (Å²) in [5.41, 5.74) is 0.832. The maximum atomic E-state index is 11.7.